The Morgan fingerprint density at radius 3 is 2.88 bits per heavy atom. The summed E-state index contributed by atoms with van der Waals surface area (Å²) in [5.74, 6) is -0.175. The van der Waals surface area contributed by atoms with Crippen molar-refractivity contribution in [3.05, 3.63) is 11.8 Å². The van der Waals surface area contributed by atoms with Gasteiger partial charge in [-0.1, -0.05) is 19.0 Å². The molecule has 8 nitrogen and oxygen atoms in total. The summed E-state index contributed by atoms with van der Waals surface area (Å²) in [6, 6.07) is 0. The first-order chi connectivity index (χ1) is 7.85. The molecule has 0 aliphatic rings. The van der Waals surface area contributed by atoms with Crippen LogP contribution in [0.1, 0.15) is 19.4 Å². The molecule has 0 spiro atoms. The number of hydrogen-bond acceptors (Lipinski definition) is 5. The van der Waals surface area contributed by atoms with E-state index in [0.29, 0.717) is 0 Å². The number of amidine groups is 1. The van der Waals surface area contributed by atoms with Gasteiger partial charge in [0.15, 0.2) is 5.84 Å². The average Bonchev–Trinajstić information content (AvgIpc) is 2.61. The second-order valence-electron chi connectivity index (χ2n) is 3.92. The summed E-state index contributed by atoms with van der Waals surface area (Å²) in [6.07, 6.45) is 1.27. The van der Waals surface area contributed by atoms with Gasteiger partial charge in [0.2, 0.25) is 10.0 Å². The van der Waals surface area contributed by atoms with E-state index in [0.717, 1.165) is 0 Å². The van der Waals surface area contributed by atoms with Crippen LogP contribution in [0, 0.1) is 5.92 Å². The number of oxime groups is 1. The van der Waals surface area contributed by atoms with Crippen molar-refractivity contribution in [1.82, 2.24) is 10.2 Å². The highest BCUT2D eigenvalue weighted by Gasteiger charge is 2.17. The molecule has 0 saturated carbocycles. The van der Waals surface area contributed by atoms with E-state index in [1.165, 1.54) is 6.20 Å². The minimum Gasteiger partial charge on any atom is -0.409 e. The third-order valence-corrected chi connectivity index (χ3v) is 3.45. The first kappa shape index (κ1) is 13.3. The zero-order valence-electron chi connectivity index (χ0n) is 9.51. The molecule has 9 heteroatoms. The molecule has 0 amide bonds. The molecule has 0 saturated heterocycles. The summed E-state index contributed by atoms with van der Waals surface area (Å²) in [7, 11) is -3.48. The number of rotatable bonds is 5. The van der Waals surface area contributed by atoms with Crippen molar-refractivity contribution >= 4 is 21.7 Å². The number of H-pyrrole nitrogens is 1. The molecule has 1 heterocycles. The van der Waals surface area contributed by atoms with Gasteiger partial charge in [-0.15, -0.1) is 0 Å². The Labute approximate surface area is 98.9 Å². The van der Waals surface area contributed by atoms with Crippen LogP contribution in [-0.4, -0.2) is 35.4 Å². The smallest absolute Gasteiger partial charge is 0.234 e. The van der Waals surface area contributed by atoms with Crippen LogP contribution in [0.25, 0.3) is 0 Å². The topological polar surface area (TPSA) is 133 Å². The molecule has 0 bridgehead atoms. The molecule has 0 aliphatic heterocycles. The zero-order chi connectivity index (χ0) is 13.1. The molecule has 5 N–H and O–H groups in total. The van der Waals surface area contributed by atoms with E-state index in [9.17, 15) is 8.42 Å². The number of nitrogens with two attached hydrogens (primary N) is 1. The number of aromatic amines is 1. The van der Waals surface area contributed by atoms with Gasteiger partial charge in [0.1, 0.15) is 5.82 Å². The van der Waals surface area contributed by atoms with Crippen LogP contribution >= 0.6 is 0 Å². The van der Waals surface area contributed by atoms with Gasteiger partial charge >= 0.3 is 0 Å². The first-order valence-electron chi connectivity index (χ1n) is 4.87. The van der Waals surface area contributed by atoms with Gasteiger partial charge in [-0.05, 0) is 5.92 Å². The normalized spacial score (nSPS) is 13.0. The van der Waals surface area contributed by atoms with Crippen molar-refractivity contribution in [3.8, 4) is 0 Å². The highest BCUT2D eigenvalue weighted by atomic mass is 32.2. The van der Waals surface area contributed by atoms with Crippen molar-refractivity contribution in [2.75, 3.05) is 10.5 Å². The van der Waals surface area contributed by atoms with Crippen LogP contribution in [0.5, 0.6) is 0 Å². The van der Waals surface area contributed by atoms with Crippen LogP contribution < -0.4 is 10.5 Å². The van der Waals surface area contributed by atoms with Crippen LogP contribution in [0.2, 0.25) is 0 Å². The summed E-state index contributed by atoms with van der Waals surface area (Å²) in [6.45, 7) is 3.58. The number of nitrogens with zero attached hydrogens (tertiary/aromatic N) is 2. The molecule has 17 heavy (non-hydrogen) atoms. The maximum atomic E-state index is 11.7. The maximum Gasteiger partial charge on any atom is 0.234 e. The summed E-state index contributed by atoms with van der Waals surface area (Å²) in [5.41, 5.74) is 5.56. The second kappa shape index (κ2) is 5.04. The first-order valence-corrected chi connectivity index (χ1v) is 6.52. The lowest BCUT2D eigenvalue weighted by molar-refractivity contribution is 0.318. The molecule has 0 atom stereocenters. The lowest BCUT2D eigenvalue weighted by Crippen LogP contribution is -2.22. The van der Waals surface area contributed by atoms with E-state index in [1.54, 1.807) is 13.8 Å². The van der Waals surface area contributed by atoms with E-state index < -0.39 is 10.0 Å². The number of anilines is 1. The van der Waals surface area contributed by atoms with Gasteiger partial charge in [-0.25, -0.2) is 8.42 Å². The van der Waals surface area contributed by atoms with Gasteiger partial charge in [0.25, 0.3) is 0 Å². The average molecular weight is 261 g/mol. The SMILES string of the molecule is CC(C)CS(=O)(=O)Nc1[nH]ncc1C(N)=NO. The highest BCUT2D eigenvalue weighted by molar-refractivity contribution is 7.92. The molecule has 1 aromatic heterocycles. The van der Waals surface area contributed by atoms with Crippen LogP contribution in [-0.2, 0) is 10.0 Å². The van der Waals surface area contributed by atoms with E-state index in [-0.39, 0.29) is 28.9 Å². The number of hydrogen-bond donors (Lipinski definition) is 4. The lowest BCUT2D eigenvalue weighted by Gasteiger charge is -2.09. The minimum absolute atomic E-state index is 0.0114. The van der Waals surface area contributed by atoms with Gasteiger partial charge in [-0.2, -0.15) is 5.10 Å². The number of nitrogens with one attached hydrogen (secondary N) is 2. The monoisotopic (exact) mass is 261 g/mol. The number of sulfonamides is 1. The predicted octanol–water partition coefficient (Wildman–Crippen LogP) is -0.0981. The maximum absolute atomic E-state index is 11.7. The molecule has 0 radical (unpaired) electrons. The summed E-state index contributed by atoms with van der Waals surface area (Å²) in [4.78, 5) is 0. The Balaban J connectivity index is 2.93. The lowest BCUT2D eigenvalue weighted by atomic mass is 10.3. The van der Waals surface area contributed by atoms with E-state index in [2.05, 4.69) is 20.1 Å². The van der Waals surface area contributed by atoms with Crippen LogP contribution in [0.15, 0.2) is 11.4 Å². The number of aromatic nitrogens is 2. The Kier molecular flexibility index (Phi) is 3.94. The standard InChI is InChI=1S/C8H15N5O3S/c1-5(2)4-17(15,16)13-8-6(3-10-11-8)7(9)12-14/h3,5,14H,4H2,1-2H3,(H2,9,12)(H2,10,11,13). The largest absolute Gasteiger partial charge is 0.409 e. The molecule has 0 unspecified atom stereocenters. The van der Waals surface area contributed by atoms with Gasteiger partial charge in [0.05, 0.1) is 17.5 Å². The third-order valence-electron chi connectivity index (χ3n) is 1.83. The van der Waals surface area contributed by atoms with Crippen molar-refractivity contribution in [2.45, 2.75) is 13.8 Å². The Morgan fingerprint density at radius 2 is 2.35 bits per heavy atom. The summed E-state index contributed by atoms with van der Waals surface area (Å²) >= 11 is 0. The fraction of sp³-hybridized carbons (Fsp3) is 0.500. The van der Waals surface area contributed by atoms with Crippen molar-refractivity contribution < 1.29 is 13.6 Å². The van der Waals surface area contributed by atoms with Crippen LogP contribution in [0.3, 0.4) is 0 Å². The quantitative estimate of drug-likeness (QED) is 0.254. The fourth-order valence-corrected chi connectivity index (χ4v) is 2.68. The molecule has 0 fully saturated rings. The van der Waals surface area contributed by atoms with E-state index >= 15 is 0 Å². The summed E-state index contributed by atoms with van der Waals surface area (Å²) in [5, 5.41) is 17.4. The predicted molar refractivity (Wildman–Crippen MR) is 63.3 cm³/mol. The summed E-state index contributed by atoms with van der Waals surface area (Å²) < 4.78 is 25.6. The Hall–Kier alpha value is -1.77. The van der Waals surface area contributed by atoms with Gasteiger partial charge in [-0.3, -0.25) is 9.82 Å². The molecule has 1 rings (SSSR count). The molecule has 1 aromatic rings. The fourth-order valence-electron chi connectivity index (χ4n) is 1.25. The van der Waals surface area contributed by atoms with Crippen molar-refractivity contribution in [3.63, 3.8) is 0 Å². The molecular weight excluding hydrogens is 246 g/mol. The van der Waals surface area contributed by atoms with Crippen LogP contribution in [0.4, 0.5) is 5.82 Å². The molecule has 96 valence electrons. The molecule has 0 aromatic carbocycles. The minimum atomic E-state index is -3.48. The van der Waals surface area contributed by atoms with E-state index in [1.807, 2.05) is 0 Å². The third kappa shape index (κ3) is 3.63. The Morgan fingerprint density at radius 1 is 1.71 bits per heavy atom. The Bertz CT molecular complexity index is 505. The molecular formula is C8H15N5O3S. The van der Waals surface area contributed by atoms with Crippen molar-refractivity contribution in [2.24, 2.45) is 16.8 Å². The highest BCUT2D eigenvalue weighted by Crippen LogP contribution is 2.13. The molecule has 0 aliphatic carbocycles. The second-order valence-corrected chi connectivity index (χ2v) is 5.69. The zero-order valence-corrected chi connectivity index (χ0v) is 10.3. The van der Waals surface area contributed by atoms with Gasteiger partial charge in [0, 0.05) is 0 Å². The van der Waals surface area contributed by atoms with E-state index in [4.69, 9.17) is 10.9 Å². The van der Waals surface area contributed by atoms with Gasteiger partial charge < -0.3 is 10.9 Å². The van der Waals surface area contributed by atoms with Crippen molar-refractivity contribution in [1.29, 1.82) is 0 Å².